The van der Waals surface area contributed by atoms with Crippen LogP contribution in [0.25, 0.3) is 0 Å². The summed E-state index contributed by atoms with van der Waals surface area (Å²) in [5.41, 5.74) is 6.18. The van der Waals surface area contributed by atoms with E-state index in [9.17, 15) is 0 Å². The van der Waals surface area contributed by atoms with Crippen LogP contribution in [-0.4, -0.2) is 29.4 Å². The van der Waals surface area contributed by atoms with Gasteiger partial charge in [0.1, 0.15) is 18.4 Å². The summed E-state index contributed by atoms with van der Waals surface area (Å²) in [5.74, 6) is 0. The summed E-state index contributed by atoms with van der Waals surface area (Å²) in [5, 5.41) is 8.88. The Balaban J connectivity index is 1.32. The van der Waals surface area contributed by atoms with E-state index in [1.807, 2.05) is 18.2 Å². The largest absolute Gasteiger partial charge is 0.365 e. The van der Waals surface area contributed by atoms with Crippen molar-refractivity contribution in [3.05, 3.63) is 65.6 Å². The van der Waals surface area contributed by atoms with Crippen molar-refractivity contribution < 1.29 is 0 Å². The summed E-state index contributed by atoms with van der Waals surface area (Å²) < 4.78 is 0. The summed E-state index contributed by atoms with van der Waals surface area (Å²) in [6, 6.07) is 14.0. The lowest BCUT2D eigenvalue weighted by Crippen LogP contribution is -2.29. The lowest BCUT2D eigenvalue weighted by atomic mass is 10.0. The molecule has 0 unspecified atom stereocenters. The van der Waals surface area contributed by atoms with Crippen LogP contribution in [0.15, 0.2) is 53.8 Å². The molecule has 4 heterocycles. The summed E-state index contributed by atoms with van der Waals surface area (Å²) >= 11 is 0. The monoisotopic (exact) mass is 369 g/mol. The molecule has 1 aromatic heterocycles. The minimum atomic E-state index is 0.424. The third-order valence-corrected chi connectivity index (χ3v) is 6.22. The number of nitrogens with zero attached hydrogens (tertiary/aromatic N) is 5. The molecule has 2 bridgehead atoms. The van der Waals surface area contributed by atoms with Crippen molar-refractivity contribution in [2.24, 2.45) is 4.99 Å². The molecule has 0 saturated carbocycles. The molecule has 28 heavy (non-hydrogen) atoms. The maximum Gasteiger partial charge on any atom is 0.140 e. The van der Waals surface area contributed by atoms with Gasteiger partial charge in [-0.2, -0.15) is 5.26 Å². The van der Waals surface area contributed by atoms with E-state index in [0.29, 0.717) is 12.4 Å². The van der Waals surface area contributed by atoms with E-state index in [2.05, 4.69) is 46.1 Å². The van der Waals surface area contributed by atoms with Crippen LogP contribution < -0.4 is 9.80 Å². The maximum atomic E-state index is 8.88. The van der Waals surface area contributed by atoms with Crippen LogP contribution in [0, 0.1) is 18.3 Å². The number of nitriles is 1. The first-order chi connectivity index (χ1) is 13.7. The number of hydrogen-bond donors (Lipinski definition) is 0. The Morgan fingerprint density at radius 2 is 1.86 bits per heavy atom. The lowest BCUT2D eigenvalue weighted by Gasteiger charge is -2.28. The lowest BCUT2D eigenvalue weighted by molar-refractivity contribution is 0.576. The van der Waals surface area contributed by atoms with Crippen LogP contribution in [0.3, 0.4) is 0 Å². The highest BCUT2D eigenvalue weighted by Crippen LogP contribution is 2.42. The smallest absolute Gasteiger partial charge is 0.140 e. The molecule has 0 spiro atoms. The Morgan fingerprint density at radius 3 is 2.43 bits per heavy atom. The molecule has 0 atom stereocenters. The summed E-state index contributed by atoms with van der Waals surface area (Å²) in [7, 11) is 0. The van der Waals surface area contributed by atoms with Crippen LogP contribution >= 0.6 is 0 Å². The molecule has 2 saturated heterocycles. The SMILES string of the molecule is Cc1cc(N2C=CC(c3ccc(C#N)nc3)=NC2)ccc1N1C2CCC1CC2. The predicted octanol–water partition coefficient (Wildman–Crippen LogP) is 4.17. The van der Waals surface area contributed by atoms with Gasteiger partial charge in [0.25, 0.3) is 0 Å². The van der Waals surface area contributed by atoms with Crippen molar-refractivity contribution in [1.29, 1.82) is 5.26 Å². The molecule has 5 heteroatoms. The van der Waals surface area contributed by atoms with Crippen molar-refractivity contribution in [3.63, 3.8) is 0 Å². The average molecular weight is 369 g/mol. The van der Waals surface area contributed by atoms with Crippen LogP contribution in [-0.2, 0) is 0 Å². The third kappa shape index (κ3) is 2.86. The van der Waals surface area contributed by atoms with E-state index in [4.69, 9.17) is 10.3 Å². The average Bonchev–Trinajstić information content (AvgIpc) is 3.34. The Bertz CT molecular complexity index is 979. The zero-order valence-corrected chi connectivity index (χ0v) is 16.0. The molecule has 3 aliphatic heterocycles. The first-order valence-corrected chi connectivity index (χ1v) is 9.98. The predicted molar refractivity (Wildman–Crippen MR) is 112 cm³/mol. The molecule has 1 aromatic carbocycles. The van der Waals surface area contributed by atoms with E-state index in [1.165, 1.54) is 42.6 Å². The van der Waals surface area contributed by atoms with E-state index in [-0.39, 0.29) is 0 Å². The number of aryl methyl sites for hydroxylation is 1. The summed E-state index contributed by atoms with van der Waals surface area (Å²) in [4.78, 5) is 13.7. The number of fused-ring (bicyclic) bond motifs is 2. The van der Waals surface area contributed by atoms with Crippen LogP contribution in [0.1, 0.15) is 42.5 Å². The molecule has 5 rings (SSSR count). The van der Waals surface area contributed by atoms with Gasteiger partial charge in [-0.3, -0.25) is 4.99 Å². The number of allylic oxidation sites excluding steroid dienone is 1. The topological polar surface area (TPSA) is 55.5 Å². The van der Waals surface area contributed by atoms with Gasteiger partial charge >= 0.3 is 0 Å². The quantitative estimate of drug-likeness (QED) is 0.815. The number of hydrogen-bond acceptors (Lipinski definition) is 5. The highest BCUT2D eigenvalue weighted by atomic mass is 15.2. The van der Waals surface area contributed by atoms with Gasteiger partial charge in [-0.05, 0) is 74.6 Å². The number of pyridine rings is 1. The van der Waals surface area contributed by atoms with Crippen LogP contribution in [0.5, 0.6) is 0 Å². The zero-order valence-electron chi connectivity index (χ0n) is 16.0. The molecule has 140 valence electrons. The minimum absolute atomic E-state index is 0.424. The molecule has 0 aliphatic carbocycles. The molecule has 2 aromatic rings. The van der Waals surface area contributed by atoms with Gasteiger partial charge < -0.3 is 9.80 Å². The van der Waals surface area contributed by atoms with E-state index < -0.39 is 0 Å². The molecule has 0 N–H and O–H groups in total. The van der Waals surface area contributed by atoms with Gasteiger partial charge in [-0.15, -0.1) is 0 Å². The minimum Gasteiger partial charge on any atom is -0.365 e. The summed E-state index contributed by atoms with van der Waals surface area (Å²) in [6.45, 7) is 2.81. The number of aliphatic imine (C=N–C) groups is 1. The number of anilines is 2. The molecular formula is C23H23N5. The number of benzene rings is 1. The standard InChI is InChI=1S/C23H23N5/c1-16-12-21(8-9-23(16)28-19-4-5-20(28)7-6-19)27-11-10-22(26-15-27)17-2-3-18(13-24)25-14-17/h2-3,8-12,14,19-20H,4-7,15H2,1H3. The Kier molecular flexibility index (Phi) is 4.12. The third-order valence-electron chi connectivity index (χ3n) is 6.22. The Morgan fingerprint density at radius 1 is 1.07 bits per heavy atom. The second-order valence-corrected chi connectivity index (χ2v) is 7.85. The van der Waals surface area contributed by atoms with Crippen LogP contribution in [0.2, 0.25) is 0 Å². The summed E-state index contributed by atoms with van der Waals surface area (Å²) in [6.07, 6.45) is 11.2. The van der Waals surface area contributed by atoms with E-state index in [1.54, 1.807) is 12.3 Å². The molecule has 3 aliphatic rings. The highest BCUT2D eigenvalue weighted by Gasteiger charge is 2.39. The molecule has 0 radical (unpaired) electrons. The van der Waals surface area contributed by atoms with Gasteiger partial charge in [-0.1, -0.05) is 0 Å². The van der Waals surface area contributed by atoms with E-state index in [0.717, 1.165) is 23.4 Å². The highest BCUT2D eigenvalue weighted by molar-refractivity contribution is 6.09. The molecule has 5 nitrogen and oxygen atoms in total. The first-order valence-electron chi connectivity index (χ1n) is 9.98. The first kappa shape index (κ1) is 17.0. The molecular weight excluding hydrogens is 346 g/mol. The van der Waals surface area contributed by atoms with E-state index >= 15 is 0 Å². The second-order valence-electron chi connectivity index (χ2n) is 7.85. The molecule has 0 amide bonds. The van der Waals surface area contributed by atoms with Gasteiger partial charge in [0.2, 0.25) is 0 Å². The van der Waals surface area contributed by atoms with Crippen LogP contribution in [0.4, 0.5) is 11.4 Å². The fraction of sp³-hybridized carbons (Fsp3) is 0.348. The molecule has 2 fully saturated rings. The zero-order chi connectivity index (χ0) is 19.1. The van der Waals surface area contributed by atoms with Crippen molar-refractivity contribution in [1.82, 2.24) is 4.98 Å². The fourth-order valence-corrected chi connectivity index (χ4v) is 4.79. The van der Waals surface area contributed by atoms with Gasteiger partial charge in [-0.25, -0.2) is 4.98 Å². The number of aromatic nitrogens is 1. The second kappa shape index (κ2) is 6.79. The van der Waals surface area contributed by atoms with Gasteiger partial charge in [0, 0.05) is 41.4 Å². The fourth-order valence-electron chi connectivity index (χ4n) is 4.79. The van der Waals surface area contributed by atoms with Gasteiger partial charge in [0.15, 0.2) is 0 Å². The van der Waals surface area contributed by atoms with Gasteiger partial charge in [0.05, 0.1) is 5.71 Å². The van der Waals surface area contributed by atoms with Crippen molar-refractivity contribution >= 4 is 17.1 Å². The number of rotatable bonds is 3. The van der Waals surface area contributed by atoms with Crippen molar-refractivity contribution in [2.45, 2.75) is 44.7 Å². The Hall–Kier alpha value is -3.13. The van der Waals surface area contributed by atoms with Crippen molar-refractivity contribution in [3.8, 4) is 6.07 Å². The maximum absolute atomic E-state index is 8.88. The Labute approximate surface area is 165 Å². The normalized spacial score (nSPS) is 23.1. The van der Waals surface area contributed by atoms with Crippen molar-refractivity contribution in [2.75, 3.05) is 16.5 Å².